The minimum Gasteiger partial charge on any atom is -0.497 e. The van der Waals surface area contributed by atoms with Gasteiger partial charge in [0.15, 0.2) is 0 Å². The van der Waals surface area contributed by atoms with Gasteiger partial charge < -0.3 is 24.3 Å². The highest BCUT2D eigenvalue weighted by atomic mass is 16.5. The number of carbonyl (C=O) groups is 1. The molecule has 1 atom stereocenters. The second-order valence-electron chi connectivity index (χ2n) is 9.75. The molecule has 8 nitrogen and oxygen atoms in total. The average molecular weight is 534 g/mol. The van der Waals surface area contributed by atoms with Crippen molar-refractivity contribution in [1.82, 2.24) is 24.6 Å². The number of para-hydroxylation sites is 1. The van der Waals surface area contributed by atoms with Gasteiger partial charge in [-0.05, 0) is 66.6 Å². The molecule has 0 saturated heterocycles. The van der Waals surface area contributed by atoms with Crippen LogP contribution in [-0.2, 0) is 13.1 Å². The first-order valence-electron chi connectivity index (χ1n) is 13.2. The zero-order chi connectivity index (χ0) is 27.6. The highest BCUT2D eigenvalue weighted by Crippen LogP contribution is 2.38. The summed E-state index contributed by atoms with van der Waals surface area (Å²) in [6.07, 6.45) is 2.04. The fourth-order valence-corrected chi connectivity index (χ4v) is 5.35. The molecule has 1 N–H and O–H groups in total. The number of rotatable bonds is 6. The molecule has 3 aromatic carbocycles. The highest BCUT2D eigenvalue weighted by Gasteiger charge is 2.36. The van der Waals surface area contributed by atoms with E-state index in [2.05, 4.69) is 16.0 Å². The first kappa shape index (κ1) is 25.3. The van der Waals surface area contributed by atoms with Gasteiger partial charge in [0, 0.05) is 18.3 Å². The van der Waals surface area contributed by atoms with Crippen LogP contribution < -0.4 is 14.8 Å². The lowest BCUT2D eigenvalue weighted by molar-refractivity contribution is 0.180. The lowest BCUT2D eigenvalue weighted by Crippen LogP contribution is -2.41. The Kier molecular flexibility index (Phi) is 6.74. The average Bonchev–Trinajstić information content (AvgIpc) is 3.56. The highest BCUT2D eigenvalue weighted by molar-refractivity contribution is 5.76. The van der Waals surface area contributed by atoms with Gasteiger partial charge in [-0.15, -0.1) is 0 Å². The second kappa shape index (κ2) is 10.6. The number of carbonyl (C=O) groups excluding carboxylic acids is 1. The molecule has 0 aliphatic carbocycles. The first-order chi connectivity index (χ1) is 19.6. The molecular weight excluding hydrogens is 502 g/mol. The van der Waals surface area contributed by atoms with E-state index in [9.17, 15) is 4.79 Å². The van der Waals surface area contributed by atoms with Gasteiger partial charge in [0.25, 0.3) is 0 Å². The quantitative estimate of drug-likeness (QED) is 0.299. The van der Waals surface area contributed by atoms with Gasteiger partial charge in [-0.2, -0.15) is 5.10 Å². The van der Waals surface area contributed by atoms with Gasteiger partial charge in [-0.25, -0.2) is 9.48 Å². The molecule has 2 aromatic heterocycles. The van der Waals surface area contributed by atoms with Crippen LogP contribution in [0.3, 0.4) is 0 Å². The molecule has 0 unspecified atom stereocenters. The molecular formula is C32H31N5O3. The van der Waals surface area contributed by atoms with E-state index < -0.39 is 0 Å². The Hall–Kier alpha value is -4.98. The summed E-state index contributed by atoms with van der Waals surface area (Å²) in [5.41, 5.74) is 5.74. The molecule has 8 heteroatoms. The predicted molar refractivity (Wildman–Crippen MR) is 153 cm³/mol. The molecule has 5 aromatic rings. The van der Waals surface area contributed by atoms with E-state index in [-0.39, 0.29) is 12.1 Å². The summed E-state index contributed by atoms with van der Waals surface area (Å²) in [5.74, 6) is 2.45. The topological polar surface area (TPSA) is 73.5 Å². The van der Waals surface area contributed by atoms with Crippen molar-refractivity contribution in [3.8, 4) is 23.0 Å². The molecule has 0 spiro atoms. The van der Waals surface area contributed by atoms with Crippen molar-refractivity contribution in [3.63, 3.8) is 0 Å². The van der Waals surface area contributed by atoms with E-state index in [1.54, 1.807) is 14.2 Å². The predicted octanol–water partition coefficient (Wildman–Crippen LogP) is 5.80. The molecule has 1 aliphatic heterocycles. The number of fused-ring (bicyclic) bond motifs is 3. The summed E-state index contributed by atoms with van der Waals surface area (Å²) < 4.78 is 14.9. The summed E-state index contributed by atoms with van der Waals surface area (Å²) in [6, 6.07) is 29.3. The molecule has 6 rings (SSSR count). The number of hydrogen-bond acceptors (Lipinski definition) is 4. The lowest BCUT2D eigenvalue weighted by Gasteiger charge is -2.31. The standard InChI is InChI=1S/C32H31N5O3/c1-22-28-21-36(32(38)33-20-23-9-7-12-27(19-23)40-3)30(24-14-16-26(39-2)17-15-24)29-13-8-18-35(29)31(28)37(34-22)25-10-5-4-6-11-25/h4-19,30H,20-21H2,1-3H3,(H,33,38)/t30-/m0/s1. The van der Waals surface area contributed by atoms with E-state index in [1.165, 1.54) is 0 Å². The Morgan fingerprint density at radius 3 is 2.45 bits per heavy atom. The number of nitrogens with one attached hydrogen (secondary N) is 1. The Morgan fingerprint density at radius 1 is 0.925 bits per heavy atom. The van der Waals surface area contributed by atoms with Gasteiger partial charge in [-0.1, -0.05) is 42.5 Å². The molecule has 202 valence electrons. The third-order valence-electron chi connectivity index (χ3n) is 7.36. The lowest BCUT2D eigenvalue weighted by atomic mass is 10.0. The minimum atomic E-state index is -0.345. The minimum absolute atomic E-state index is 0.170. The van der Waals surface area contributed by atoms with Crippen LogP contribution in [0.15, 0.2) is 97.2 Å². The second-order valence-corrected chi connectivity index (χ2v) is 9.75. The number of hydrogen-bond donors (Lipinski definition) is 1. The van der Waals surface area contributed by atoms with E-state index >= 15 is 0 Å². The maximum atomic E-state index is 14.0. The largest absolute Gasteiger partial charge is 0.497 e. The van der Waals surface area contributed by atoms with Crippen molar-refractivity contribution in [1.29, 1.82) is 0 Å². The van der Waals surface area contributed by atoms with E-state index in [1.807, 2.05) is 108 Å². The Morgan fingerprint density at radius 2 is 1.70 bits per heavy atom. The summed E-state index contributed by atoms with van der Waals surface area (Å²) >= 11 is 0. The number of aromatic nitrogens is 3. The fraction of sp³-hybridized carbons (Fsp3) is 0.188. The van der Waals surface area contributed by atoms with Crippen LogP contribution in [-0.4, -0.2) is 39.5 Å². The molecule has 1 aliphatic rings. The van der Waals surface area contributed by atoms with Crippen molar-refractivity contribution >= 4 is 6.03 Å². The maximum Gasteiger partial charge on any atom is 0.318 e. The third-order valence-corrected chi connectivity index (χ3v) is 7.36. The molecule has 0 radical (unpaired) electrons. The van der Waals surface area contributed by atoms with Crippen LogP contribution in [0.25, 0.3) is 11.5 Å². The van der Waals surface area contributed by atoms with Crippen LogP contribution in [0, 0.1) is 6.92 Å². The van der Waals surface area contributed by atoms with E-state index in [0.717, 1.165) is 51.1 Å². The van der Waals surface area contributed by atoms with Gasteiger partial charge >= 0.3 is 6.03 Å². The summed E-state index contributed by atoms with van der Waals surface area (Å²) in [6.45, 7) is 2.76. The number of urea groups is 1. The van der Waals surface area contributed by atoms with E-state index in [4.69, 9.17) is 14.6 Å². The van der Waals surface area contributed by atoms with Crippen molar-refractivity contribution in [3.05, 3.63) is 125 Å². The summed E-state index contributed by atoms with van der Waals surface area (Å²) in [4.78, 5) is 15.9. The Labute approximate surface area is 233 Å². The molecule has 2 amide bonds. The Bertz CT molecular complexity index is 1640. The van der Waals surface area contributed by atoms with Crippen molar-refractivity contribution < 1.29 is 14.3 Å². The first-order valence-corrected chi connectivity index (χ1v) is 13.2. The molecule has 3 heterocycles. The number of ether oxygens (including phenoxy) is 2. The normalized spacial score (nSPS) is 14.2. The Balaban J connectivity index is 1.45. The van der Waals surface area contributed by atoms with Crippen LogP contribution in [0.2, 0.25) is 0 Å². The SMILES string of the molecule is COc1ccc([C@H]2c3cccn3-c3c(c(C)nn3-c3ccccc3)CN2C(=O)NCc2cccc(OC)c2)cc1. The van der Waals surface area contributed by atoms with Crippen LogP contribution >= 0.6 is 0 Å². The van der Waals surface area contributed by atoms with Crippen LogP contribution in [0.1, 0.15) is 34.1 Å². The number of benzene rings is 3. The number of nitrogens with zero attached hydrogens (tertiary/aromatic N) is 4. The van der Waals surface area contributed by atoms with E-state index in [0.29, 0.717) is 13.1 Å². The maximum absolute atomic E-state index is 14.0. The number of amides is 2. The molecule has 0 saturated carbocycles. The van der Waals surface area contributed by atoms with Crippen molar-refractivity contribution in [2.24, 2.45) is 0 Å². The number of aryl methyl sites for hydroxylation is 1. The monoisotopic (exact) mass is 533 g/mol. The van der Waals surface area contributed by atoms with Crippen molar-refractivity contribution in [2.75, 3.05) is 14.2 Å². The summed E-state index contributed by atoms with van der Waals surface area (Å²) in [5, 5.41) is 8.07. The van der Waals surface area contributed by atoms with Gasteiger partial charge in [0.05, 0.1) is 43.9 Å². The van der Waals surface area contributed by atoms with Crippen LogP contribution in [0.4, 0.5) is 4.79 Å². The van der Waals surface area contributed by atoms with Gasteiger partial charge in [0.1, 0.15) is 17.3 Å². The van der Waals surface area contributed by atoms with Crippen LogP contribution in [0.5, 0.6) is 11.5 Å². The smallest absolute Gasteiger partial charge is 0.318 e. The van der Waals surface area contributed by atoms with Crippen molar-refractivity contribution in [2.45, 2.75) is 26.1 Å². The molecule has 0 fully saturated rings. The zero-order valence-corrected chi connectivity index (χ0v) is 22.7. The van der Waals surface area contributed by atoms with Gasteiger partial charge in [0.2, 0.25) is 0 Å². The summed E-state index contributed by atoms with van der Waals surface area (Å²) in [7, 11) is 3.29. The molecule has 0 bridgehead atoms. The zero-order valence-electron chi connectivity index (χ0n) is 22.7. The van der Waals surface area contributed by atoms with Gasteiger partial charge in [-0.3, -0.25) is 0 Å². The number of methoxy groups -OCH3 is 2. The molecule has 40 heavy (non-hydrogen) atoms. The fourth-order valence-electron chi connectivity index (χ4n) is 5.35. The third kappa shape index (κ3) is 4.58.